The van der Waals surface area contributed by atoms with Crippen molar-refractivity contribution in [2.75, 3.05) is 0 Å². The van der Waals surface area contributed by atoms with E-state index in [4.69, 9.17) is 26.2 Å². The Morgan fingerprint density at radius 2 is 1.45 bits per heavy atom. The average molecular weight is 285 g/mol. The molecule has 0 aromatic heterocycles. The number of aliphatic hydroxyl groups excluding tert-OH is 2. The molecule has 7 heteroatoms. The van der Waals surface area contributed by atoms with Crippen LogP contribution in [0.5, 0.6) is 0 Å². The van der Waals surface area contributed by atoms with E-state index in [9.17, 15) is 9.59 Å². The number of carboxylic acid groups (broad SMARTS) is 2. The molecule has 0 aliphatic carbocycles. The molecule has 1 rings (SSSR count). The highest BCUT2D eigenvalue weighted by Crippen LogP contribution is 2.00. The van der Waals surface area contributed by atoms with Crippen LogP contribution in [0.2, 0.25) is 0 Å². The molecule has 1 aromatic rings. The summed E-state index contributed by atoms with van der Waals surface area (Å²) < 4.78 is 0. The number of benzene rings is 1. The van der Waals surface area contributed by atoms with Gasteiger partial charge in [0.15, 0.2) is 12.2 Å². The third-order valence-electron chi connectivity index (χ3n) is 2.21. The molecule has 0 saturated heterocycles. The molecule has 0 bridgehead atoms. The Kier molecular flexibility index (Phi) is 8.14. The maximum Gasteiger partial charge on any atom is 0.335 e. The molecule has 0 amide bonds. The second kappa shape index (κ2) is 9.03. The minimum absolute atomic E-state index is 0.266. The Hall–Kier alpha value is -1.96. The number of aliphatic carboxylic acids is 2. The molecule has 0 radical (unpaired) electrons. The largest absolute Gasteiger partial charge is 0.479 e. The van der Waals surface area contributed by atoms with Crippen molar-refractivity contribution in [3.63, 3.8) is 0 Å². The smallest absolute Gasteiger partial charge is 0.335 e. The van der Waals surface area contributed by atoms with E-state index in [1.165, 1.54) is 5.56 Å². The Balaban J connectivity index is 0.000000361. The minimum Gasteiger partial charge on any atom is -0.479 e. The maximum absolute atomic E-state index is 9.77. The van der Waals surface area contributed by atoms with Gasteiger partial charge in [-0.05, 0) is 18.9 Å². The summed E-state index contributed by atoms with van der Waals surface area (Å²) in [5.74, 6) is -3.54. The molecule has 0 saturated carbocycles. The van der Waals surface area contributed by atoms with Crippen molar-refractivity contribution in [3.8, 4) is 0 Å². The van der Waals surface area contributed by atoms with E-state index in [0.717, 1.165) is 6.42 Å². The predicted octanol–water partition coefficient (Wildman–Crippen LogP) is -0.546. The highest BCUT2D eigenvalue weighted by molar-refractivity contribution is 5.83. The second-order valence-electron chi connectivity index (χ2n) is 4.23. The first kappa shape index (κ1) is 18.0. The Morgan fingerprint density at radius 3 is 1.75 bits per heavy atom. The first-order chi connectivity index (χ1) is 9.25. The lowest BCUT2D eigenvalue weighted by molar-refractivity contribution is -0.165. The van der Waals surface area contributed by atoms with E-state index in [2.05, 4.69) is 12.1 Å². The van der Waals surface area contributed by atoms with Gasteiger partial charge in [0.2, 0.25) is 0 Å². The molecule has 2 unspecified atom stereocenters. The van der Waals surface area contributed by atoms with Crippen LogP contribution < -0.4 is 5.73 Å². The zero-order valence-electron chi connectivity index (χ0n) is 11.0. The van der Waals surface area contributed by atoms with Gasteiger partial charge in [0, 0.05) is 6.04 Å². The zero-order chi connectivity index (χ0) is 15.7. The molecule has 0 spiro atoms. The number of hydrogen-bond acceptors (Lipinski definition) is 5. The topological polar surface area (TPSA) is 141 Å². The SMILES string of the molecule is C[C@@H](N)Cc1ccccc1.O=C(O)C(O)C(O)C(=O)O. The van der Waals surface area contributed by atoms with Gasteiger partial charge < -0.3 is 26.2 Å². The quantitative estimate of drug-likeness (QED) is 0.489. The fourth-order valence-corrected chi connectivity index (χ4v) is 1.26. The second-order valence-corrected chi connectivity index (χ2v) is 4.23. The van der Waals surface area contributed by atoms with Gasteiger partial charge in [0.05, 0.1) is 0 Å². The van der Waals surface area contributed by atoms with Gasteiger partial charge in [-0.15, -0.1) is 0 Å². The van der Waals surface area contributed by atoms with Crippen LogP contribution in [0.1, 0.15) is 12.5 Å². The van der Waals surface area contributed by atoms with E-state index in [1.807, 2.05) is 25.1 Å². The van der Waals surface area contributed by atoms with Crippen molar-refractivity contribution in [1.29, 1.82) is 0 Å². The summed E-state index contributed by atoms with van der Waals surface area (Å²) in [5.41, 5.74) is 6.94. The van der Waals surface area contributed by atoms with Crippen molar-refractivity contribution in [2.24, 2.45) is 5.73 Å². The fourth-order valence-electron chi connectivity index (χ4n) is 1.26. The van der Waals surface area contributed by atoms with Gasteiger partial charge in [-0.25, -0.2) is 9.59 Å². The lowest BCUT2D eigenvalue weighted by Gasteiger charge is -2.07. The molecule has 7 nitrogen and oxygen atoms in total. The molecule has 0 aliphatic heterocycles. The summed E-state index contributed by atoms with van der Waals surface area (Å²) in [7, 11) is 0. The van der Waals surface area contributed by atoms with Crippen LogP contribution in [0, 0.1) is 0 Å². The van der Waals surface area contributed by atoms with Gasteiger partial charge in [0.25, 0.3) is 0 Å². The normalized spacial score (nSPS) is 14.4. The molecule has 0 fully saturated rings. The van der Waals surface area contributed by atoms with Gasteiger partial charge >= 0.3 is 11.9 Å². The Labute approximate surface area is 116 Å². The third-order valence-corrected chi connectivity index (χ3v) is 2.21. The van der Waals surface area contributed by atoms with Gasteiger partial charge in [-0.2, -0.15) is 0 Å². The summed E-state index contributed by atoms with van der Waals surface area (Å²) in [6.45, 7) is 2.02. The summed E-state index contributed by atoms with van der Waals surface area (Å²) >= 11 is 0. The summed E-state index contributed by atoms with van der Waals surface area (Å²) in [5, 5.41) is 32.5. The van der Waals surface area contributed by atoms with E-state index < -0.39 is 24.1 Å². The highest BCUT2D eigenvalue weighted by Gasteiger charge is 2.29. The Bertz CT molecular complexity index is 402. The molecule has 1 aromatic carbocycles. The zero-order valence-corrected chi connectivity index (χ0v) is 11.0. The minimum atomic E-state index is -2.27. The lowest BCUT2D eigenvalue weighted by atomic mass is 10.1. The first-order valence-corrected chi connectivity index (χ1v) is 5.87. The average Bonchev–Trinajstić information content (AvgIpc) is 2.38. The molecule has 0 heterocycles. The monoisotopic (exact) mass is 285 g/mol. The third kappa shape index (κ3) is 7.47. The number of hydrogen-bond donors (Lipinski definition) is 5. The van der Waals surface area contributed by atoms with Crippen molar-refractivity contribution < 1.29 is 30.0 Å². The summed E-state index contributed by atoms with van der Waals surface area (Å²) in [4.78, 5) is 19.5. The van der Waals surface area contributed by atoms with Crippen LogP contribution in [-0.2, 0) is 16.0 Å². The Morgan fingerprint density at radius 1 is 1.05 bits per heavy atom. The van der Waals surface area contributed by atoms with Gasteiger partial charge in [-0.1, -0.05) is 30.3 Å². The van der Waals surface area contributed by atoms with Gasteiger partial charge in [-0.3, -0.25) is 0 Å². The molecule has 6 N–H and O–H groups in total. The predicted molar refractivity (Wildman–Crippen MR) is 71.1 cm³/mol. The lowest BCUT2D eigenvalue weighted by Crippen LogP contribution is -2.39. The van der Waals surface area contributed by atoms with Crippen LogP contribution >= 0.6 is 0 Å². The van der Waals surface area contributed by atoms with E-state index >= 15 is 0 Å². The number of carbonyl (C=O) groups is 2. The molecule has 20 heavy (non-hydrogen) atoms. The molecular weight excluding hydrogens is 266 g/mol. The van der Waals surface area contributed by atoms with Crippen molar-refractivity contribution in [3.05, 3.63) is 35.9 Å². The standard InChI is InChI=1S/C9H13N.C4H6O6/c1-8(10)7-9-5-3-2-4-6-9;5-1(3(7)8)2(6)4(9)10/h2-6,8H,7,10H2,1H3;1-2,5-6H,(H,7,8)(H,9,10)/t8-;/m1./s1. The molecule has 112 valence electrons. The van der Waals surface area contributed by atoms with E-state index in [1.54, 1.807) is 0 Å². The fraction of sp³-hybridized carbons (Fsp3) is 0.385. The van der Waals surface area contributed by atoms with Gasteiger partial charge in [0.1, 0.15) is 0 Å². The summed E-state index contributed by atoms with van der Waals surface area (Å²) in [6.07, 6.45) is -3.56. The number of carboxylic acids is 2. The number of aliphatic hydroxyl groups is 2. The first-order valence-electron chi connectivity index (χ1n) is 5.87. The van der Waals surface area contributed by atoms with Crippen LogP contribution in [-0.4, -0.2) is 50.6 Å². The van der Waals surface area contributed by atoms with Crippen LogP contribution in [0.25, 0.3) is 0 Å². The maximum atomic E-state index is 9.77. The highest BCUT2D eigenvalue weighted by atomic mass is 16.4. The molecule has 3 atom stereocenters. The summed E-state index contributed by atoms with van der Waals surface area (Å²) in [6, 6.07) is 10.6. The number of nitrogens with two attached hydrogens (primary N) is 1. The van der Waals surface area contributed by atoms with Crippen molar-refractivity contribution >= 4 is 11.9 Å². The van der Waals surface area contributed by atoms with Crippen LogP contribution in [0.3, 0.4) is 0 Å². The molecular formula is C13H19NO6. The van der Waals surface area contributed by atoms with Crippen LogP contribution in [0.15, 0.2) is 30.3 Å². The van der Waals surface area contributed by atoms with Crippen LogP contribution in [0.4, 0.5) is 0 Å². The van der Waals surface area contributed by atoms with E-state index in [-0.39, 0.29) is 6.04 Å². The van der Waals surface area contributed by atoms with E-state index in [0.29, 0.717) is 0 Å². The van der Waals surface area contributed by atoms with Crippen molar-refractivity contribution in [1.82, 2.24) is 0 Å². The van der Waals surface area contributed by atoms with Crippen molar-refractivity contribution in [2.45, 2.75) is 31.6 Å². The number of rotatable bonds is 5. The molecule has 0 aliphatic rings.